The van der Waals surface area contributed by atoms with Crippen LogP contribution < -0.4 is 10.6 Å². The first-order valence-electron chi connectivity index (χ1n) is 9.63. The van der Waals surface area contributed by atoms with E-state index in [1.54, 1.807) is 30.9 Å². The van der Waals surface area contributed by atoms with Gasteiger partial charge in [0.25, 0.3) is 5.91 Å². The Morgan fingerprint density at radius 3 is 2.52 bits per heavy atom. The first-order valence-corrected chi connectivity index (χ1v) is 9.63. The van der Waals surface area contributed by atoms with E-state index in [2.05, 4.69) is 10.6 Å². The van der Waals surface area contributed by atoms with Crippen molar-refractivity contribution < 1.29 is 28.3 Å². The van der Waals surface area contributed by atoms with E-state index in [0.29, 0.717) is 18.5 Å². The van der Waals surface area contributed by atoms with E-state index in [9.17, 15) is 23.6 Å². The molecule has 3 atom stereocenters. The molecule has 0 radical (unpaired) electrons. The molecule has 2 aliphatic heterocycles. The molecule has 2 N–H and O–H groups in total. The molecule has 8 nitrogen and oxygen atoms in total. The van der Waals surface area contributed by atoms with Crippen LogP contribution >= 0.6 is 0 Å². The normalized spacial score (nSPS) is 23.9. The summed E-state index contributed by atoms with van der Waals surface area (Å²) >= 11 is 0. The SMILES string of the molecule is CC(C)OC(=O)[C@@H]1CCN(C(=O)CC[C@@H]2NC(=O)NC2=O)[C@@H]1c1ccc(F)cc1. The Morgan fingerprint density at radius 2 is 1.93 bits per heavy atom. The molecule has 2 fully saturated rings. The fraction of sp³-hybridized carbons (Fsp3) is 0.500. The van der Waals surface area contributed by atoms with E-state index in [4.69, 9.17) is 4.74 Å². The predicted molar refractivity (Wildman–Crippen MR) is 99.9 cm³/mol. The summed E-state index contributed by atoms with van der Waals surface area (Å²) in [5.41, 5.74) is 0.648. The van der Waals surface area contributed by atoms with Crippen molar-refractivity contribution >= 4 is 23.8 Å². The van der Waals surface area contributed by atoms with Crippen molar-refractivity contribution in [3.63, 3.8) is 0 Å². The van der Waals surface area contributed by atoms with Crippen LogP contribution in [0, 0.1) is 11.7 Å². The maximum atomic E-state index is 13.4. The summed E-state index contributed by atoms with van der Waals surface area (Å²) in [6.45, 7) is 3.86. The Kier molecular flexibility index (Phi) is 6.14. The van der Waals surface area contributed by atoms with Crippen LogP contribution in [0.15, 0.2) is 24.3 Å². The van der Waals surface area contributed by atoms with Gasteiger partial charge in [-0.05, 0) is 44.4 Å². The quantitative estimate of drug-likeness (QED) is 0.553. The number of nitrogens with one attached hydrogen (secondary N) is 2. The molecule has 2 saturated heterocycles. The molecule has 9 heteroatoms. The second kappa shape index (κ2) is 8.59. The second-order valence-corrected chi connectivity index (χ2v) is 7.52. The molecule has 0 bridgehead atoms. The summed E-state index contributed by atoms with van der Waals surface area (Å²) < 4.78 is 18.7. The summed E-state index contributed by atoms with van der Waals surface area (Å²) in [4.78, 5) is 49.9. The number of halogens is 1. The Balaban J connectivity index is 1.75. The Labute approximate surface area is 167 Å². The van der Waals surface area contributed by atoms with Crippen LogP contribution in [0.25, 0.3) is 0 Å². The van der Waals surface area contributed by atoms with E-state index in [-0.39, 0.29) is 24.9 Å². The predicted octanol–water partition coefficient (Wildman–Crippen LogP) is 1.66. The number of rotatable bonds is 6. The van der Waals surface area contributed by atoms with Crippen LogP contribution in [0.5, 0.6) is 0 Å². The minimum atomic E-state index is -0.750. The number of likely N-dealkylation sites (tertiary alicyclic amines) is 1. The van der Waals surface area contributed by atoms with Crippen LogP contribution in [0.1, 0.15) is 44.7 Å². The lowest BCUT2D eigenvalue weighted by Gasteiger charge is -2.28. The van der Waals surface area contributed by atoms with Gasteiger partial charge in [0.15, 0.2) is 0 Å². The molecule has 0 unspecified atom stereocenters. The highest BCUT2D eigenvalue weighted by Gasteiger charge is 2.43. The van der Waals surface area contributed by atoms with Gasteiger partial charge >= 0.3 is 12.0 Å². The highest BCUT2D eigenvalue weighted by molar-refractivity contribution is 6.04. The van der Waals surface area contributed by atoms with Crippen LogP contribution in [0.4, 0.5) is 9.18 Å². The van der Waals surface area contributed by atoms with Gasteiger partial charge in [-0.25, -0.2) is 9.18 Å². The topological polar surface area (TPSA) is 105 Å². The van der Waals surface area contributed by atoms with Crippen LogP contribution in [0.2, 0.25) is 0 Å². The molecule has 29 heavy (non-hydrogen) atoms. The number of hydrogen-bond donors (Lipinski definition) is 2. The fourth-order valence-corrected chi connectivity index (χ4v) is 3.78. The number of nitrogens with zero attached hydrogens (tertiary/aromatic N) is 1. The van der Waals surface area contributed by atoms with E-state index in [1.807, 2.05) is 0 Å². The highest BCUT2D eigenvalue weighted by atomic mass is 19.1. The van der Waals surface area contributed by atoms with Gasteiger partial charge in [-0.1, -0.05) is 12.1 Å². The molecule has 0 saturated carbocycles. The van der Waals surface area contributed by atoms with E-state index in [0.717, 1.165) is 0 Å². The molecule has 2 heterocycles. The van der Waals surface area contributed by atoms with Gasteiger partial charge in [-0.2, -0.15) is 0 Å². The van der Waals surface area contributed by atoms with Crippen molar-refractivity contribution in [3.05, 3.63) is 35.6 Å². The fourth-order valence-electron chi connectivity index (χ4n) is 3.78. The minimum absolute atomic E-state index is 0.0298. The summed E-state index contributed by atoms with van der Waals surface area (Å²) in [5, 5.41) is 4.59. The van der Waals surface area contributed by atoms with Crippen LogP contribution in [-0.2, 0) is 19.1 Å². The van der Waals surface area contributed by atoms with Crippen molar-refractivity contribution in [2.24, 2.45) is 5.92 Å². The van der Waals surface area contributed by atoms with Gasteiger partial charge in [0.2, 0.25) is 5.91 Å². The van der Waals surface area contributed by atoms with Gasteiger partial charge in [0.05, 0.1) is 18.1 Å². The van der Waals surface area contributed by atoms with E-state index < -0.39 is 41.7 Å². The van der Waals surface area contributed by atoms with Gasteiger partial charge in [-0.15, -0.1) is 0 Å². The van der Waals surface area contributed by atoms with Crippen molar-refractivity contribution in [2.75, 3.05) is 6.54 Å². The number of hydrogen-bond acceptors (Lipinski definition) is 5. The lowest BCUT2D eigenvalue weighted by atomic mass is 9.93. The zero-order valence-corrected chi connectivity index (χ0v) is 16.3. The average Bonchev–Trinajstić information content (AvgIpc) is 3.23. The largest absolute Gasteiger partial charge is 0.463 e. The lowest BCUT2D eigenvalue weighted by molar-refractivity contribution is -0.153. The molecule has 1 aromatic carbocycles. The zero-order valence-electron chi connectivity index (χ0n) is 16.3. The molecule has 0 aliphatic carbocycles. The summed E-state index contributed by atoms with van der Waals surface area (Å²) in [5.74, 6) is -2.06. The first kappa shape index (κ1) is 20.8. The van der Waals surface area contributed by atoms with Gasteiger partial charge in [-0.3, -0.25) is 19.7 Å². The molecule has 156 valence electrons. The highest BCUT2D eigenvalue weighted by Crippen LogP contribution is 2.39. The van der Waals surface area contributed by atoms with Crippen molar-refractivity contribution in [3.8, 4) is 0 Å². The van der Waals surface area contributed by atoms with Crippen molar-refractivity contribution in [1.29, 1.82) is 0 Å². The molecule has 3 rings (SSSR count). The number of amides is 4. The van der Waals surface area contributed by atoms with Gasteiger partial charge < -0.3 is 15.0 Å². The standard InChI is InChI=1S/C20H24FN3O5/c1-11(2)29-19(27)14-9-10-24(17(14)12-3-5-13(21)6-4-12)16(25)8-7-15-18(26)23-20(28)22-15/h3-6,11,14-15,17H,7-10H2,1-2H3,(H2,22,23,26,28)/t14-,15+,17-/m1/s1. The molecular weight excluding hydrogens is 381 g/mol. The van der Waals surface area contributed by atoms with Crippen molar-refractivity contribution in [1.82, 2.24) is 15.5 Å². The molecule has 2 aliphatic rings. The van der Waals surface area contributed by atoms with E-state index >= 15 is 0 Å². The third kappa shape index (κ3) is 4.72. The molecule has 4 amide bonds. The number of esters is 1. The van der Waals surface area contributed by atoms with Crippen LogP contribution in [0.3, 0.4) is 0 Å². The maximum absolute atomic E-state index is 13.4. The average molecular weight is 405 g/mol. The van der Waals surface area contributed by atoms with Gasteiger partial charge in [0, 0.05) is 13.0 Å². The smallest absolute Gasteiger partial charge is 0.322 e. The number of ether oxygens (including phenoxy) is 1. The maximum Gasteiger partial charge on any atom is 0.322 e. The molecule has 1 aromatic rings. The monoisotopic (exact) mass is 405 g/mol. The lowest BCUT2D eigenvalue weighted by Crippen LogP contribution is -2.36. The summed E-state index contributed by atoms with van der Waals surface area (Å²) in [6, 6.07) is 3.81. The first-order chi connectivity index (χ1) is 13.8. The minimum Gasteiger partial charge on any atom is -0.463 e. The third-order valence-electron chi connectivity index (χ3n) is 5.09. The molecule has 0 aromatic heterocycles. The zero-order chi connectivity index (χ0) is 21.1. The van der Waals surface area contributed by atoms with E-state index in [1.165, 1.54) is 12.1 Å². The number of imide groups is 1. The number of urea groups is 1. The second-order valence-electron chi connectivity index (χ2n) is 7.52. The number of benzene rings is 1. The molecule has 0 spiro atoms. The third-order valence-corrected chi connectivity index (χ3v) is 5.09. The summed E-state index contributed by atoms with van der Waals surface area (Å²) in [6.07, 6.45) is 0.331. The number of carbonyl (C=O) groups excluding carboxylic acids is 4. The summed E-state index contributed by atoms with van der Waals surface area (Å²) in [7, 11) is 0. The Bertz CT molecular complexity index is 811. The van der Waals surface area contributed by atoms with Crippen LogP contribution in [-0.4, -0.2) is 47.4 Å². The Morgan fingerprint density at radius 1 is 1.24 bits per heavy atom. The molecular formula is C20H24FN3O5. The van der Waals surface area contributed by atoms with Gasteiger partial charge in [0.1, 0.15) is 11.9 Å². The van der Waals surface area contributed by atoms with Crippen molar-refractivity contribution in [2.45, 2.75) is 51.3 Å². The number of carbonyl (C=O) groups is 4. The Hall–Kier alpha value is -2.97.